The molecule has 2 aliphatic rings. The predicted octanol–water partition coefficient (Wildman–Crippen LogP) is 3.35. The van der Waals surface area contributed by atoms with Gasteiger partial charge in [-0.2, -0.15) is 5.06 Å². The normalized spacial score (nSPS) is 19.9. The topological polar surface area (TPSA) is 111 Å². The molecule has 1 aliphatic heterocycles. The van der Waals surface area contributed by atoms with Gasteiger partial charge in [-0.05, 0) is 76.7 Å². The zero-order valence-electron chi connectivity index (χ0n) is 16.8. The van der Waals surface area contributed by atoms with E-state index in [0.29, 0.717) is 30.0 Å². The Morgan fingerprint density at radius 3 is 3.03 bits per heavy atom. The van der Waals surface area contributed by atoms with Gasteiger partial charge < -0.3 is 5.32 Å². The summed E-state index contributed by atoms with van der Waals surface area (Å²) >= 11 is 4.51. The van der Waals surface area contributed by atoms with Crippen molar-refractivity contribution in [2.24, 2.45) is 10.9 Å². The van der Waals surface area contributed by atoms with Crippen molar-refractivity contribution in [2.75, 3.05) is 32.0 Å². The van der Waals surface area contributed by atoms with Crippen LogP contribution in [0.15, 0.2) is 32.3 Å². The molecule has 168 valence electrons. The van der Waals surface area contributed by atoms with E-state index in [1.54, 1.807) is 0 Å². The lowest BCUT2D eigenvalue weighted by atomic mass is 10.1. The van der Waals surface area contributed by atoms with Gasteiger partial charge in [0.1, 0.15) is 18.0 Å². The molecule has 3 N–H and O–H groups in total. The van der Waals surface area contributed by atoms with Crippen molar-refractivity contribution in [1.82, 2.24) is 25.2 Å². The van der Waals surface area contributed by atoms with Gasteiger partial charge in [-0.1, -0.05) is 0 Å². The van der Waals surface area contributed by atoms with Crippen LogP contribution in [0.25, 0.3) is 0 Å². The molecule has 0 radical (unpaired) electrons. The smallest absolute Gasteiger partial charge is 0.202 e. The van der Waals surface area contributed by atoms with Crippen molar-refractivity contribution in [3.05, 3.63) is 34.2 Å². The van der Waals surface area contributed by atoms with E-state index in [1.807, 2.05) is 10.5 Å². The lowest BCUT2D eigenvalue weighted by molar-refractivity contribution is -0.0195. The first-order valence-corrected chi connectivity index (χ1v) is 11.4. The highest BCUT2D eigenvalue weighted by Crippen LogP contribution is 2.32. The molecule has 4 rings (SSSR count). The third-order valence-corrected chi connectivity index (χ3v) is 6.51. The molecule has 10 nitrogen and oxygen atoms in total. The van der Waals surface area contributed by atoms with E-state index < -0.39 is 5.82 Å². The number of aliphatic imine (C=N–C) groups is 1. The van der Waals surface area contributed by atoms with Crippen LogP contribution in [0.5, 0.6) is 0 Å². The Balaban J connectivity index is 1.32. The summed E-state index contributed by atoms with van der Waals surface area (Å²) in [6.45, 7) is 2.28. The van der Waals surface area contributed by atoms with Crippen molar-refractivity contribution >= 4 is 45.5 Å². The third-order valence-electron chi connectivity index (χ3n) is 5.09. The minimum atomic E-state index is -0.407. The van der Waals surface area contributed by atoms with Crippen LogP contribution in [0.2, 0.25) is 0 Å². The number of benzene rings is 1. The van der Waals surface area contributed by atoms with E-state index in [1.165, 1.54) is 43.3 Å². The van der Waals surface area contributed by atoms with E-state index in [-0.39, 0.29) is 16.0 Å². The van der Waals surface area contributed by atoms with Crippen molar-refractivity contribution in [2.45, 2.75) is 25.3 Å². The standard InChI is InChI=1S/C18H23BrFN7O3S/c1-26(13-3-4-13)31-30-27-7-6-11(10-27)9-21-17-16(24-29-25-17)18(23-28)22-12-2-5-15(20)14(19)8-12/h2,5,8,11,13,28H,3-4,6-7,9-10H2,1H3,(H,21,25)(H,22,23). The SMILES string of the molecule is CN(SON1CCC(CNc2nonc2C(=Nc2ccc(F)c(Br)c2)NO)C1)C1CC1. The fourth-order valence-electron chi connectivity index (χ4n) is 3.15. The average molecular weight is 516 g/mol. The maximum Gasteiger partial charge on any atom is 0.202 e. The quantitative estimate of drug-likeness (QED) is 0.151. The second-order valence-electron chi connectivity index (χ2n) is 7.48. The molecule has 1 aromatic carbocycles. The molecule has 1 aromatic heterocycles. The number of amidine groups is 1. The molecule has 13 heteroatoms. The monoisotopic (exact) mass is 515 g/mol. The van der Waals surface area contributed by atoms with Gasteiger partial charge in [0.05, 0.1) is 10.2 Å². The molecule has 31 heavy (non-hydrogen) atoms. The minimum Gasteiger partial charge on any atom is -0.365 e. The van der Waals surface area contributed by atoms with Crippen molar-refractivity contribution in [3.8, 4) is 0 Å². The van der Waals surface area contributed by atoms with Crippen molar-refractivity contribution < 1.29 is 18.5 Å². The van der Waals surface area contributed by atoms with Gasteiger partial charge in [0.2, 0.25) is 5.82 Å². The number of nitrogens with one attached hydrogen (secondary N) is 2. The first-order valence-electron chi connectivity index (χ1n) is 9.86. The Labute approximate surface area is 191 Å². The highest BCUT2D eigenvalue weighted by Gasteiger charge is 2.30. The molecular formula is C18H23BrFN7O3S. The lowest BCUT2D eigenvalue weighted by Crippen LogP contribution is -2.25. The van der Waals surface area contributed by atoms with Gasteiger partial charge in [0.15, 0.2) is 11.5 Å². The van der Waals surface area contributed by atoms with Gasteiger partial charge in [-0.15, -0.1) is 0 Å². The highest BCUT2D eigenvalue weighted by atomic mass is 79.9. The van der Waals surface area contributed by atoms with E-state index in [0.717, 1.165) is 19.5 Å². The summed E-state index contributed by atoms with van der Waals surface area (Å²) in [6.07, 6.45) is 3.45. The van der Waals surface area contributed by atoms with Gasteiger partial charge in [-0.3, -0.25) is 10.7 Å². The second-order valence-corrected chi connectivity index (χ2v) is 9.21. The molecule has 1 saturated carbocycles. The number of anilines is 1. The fourth-order valence-corrected chi connectivity index (χ4v) is 4.18. The number of aromatic nitrogens is 2. The first kappa shape index (κ1) is 22.4. The van der Waals surface area contributed by atoms with Crippen molar-refractivity contribution in [1.29, 1.82) is 0 Å². The Bertz CT molecular complexity index is 929. The van der Waals surface area contributed by atoms with Crippen LogP contribution in [0.1, 0.15) is 25.0 Å². The van der Waals surface area contributed by atoms with Gasteiger partial charge in [0.25, 0.3) is 0 Å². The lowest BCUT2D eigenvalue weighted by Gasteiger charge is -2.19. The van der Waals surface area contributed by atoms with Gasteiger partial charge in [-0.25, -0.2) is 22.6 Å². The number of nitrogens with zero attached hydrogens (tertiary/aromatic N) is 5. The molecule has 1 aliphatic carbocycles. The average Bonchev–Trinajstić information content (AvgIpc) is 3.35. The summed E-state index contributed by atoms with van der Waals surface area (Å²) in [4.78, 5) is 4.25. The van der Waals surface area contributed by atoms with Crippen molar-refractivity contribution in [3.63, 3.8) is 0 Å². The molecule has 2 heterocycles. The predicted molar refractivity (Wildman–Crippen MR) is 117 cm³/mol. The summed E-state index contributed by atoms with van der Waals surface area (Å²) in [5, 5.41) is 22.4. The fraction of sp³-hybridized carbons (Fsp3) is 0.500. The Morgan fingerprint density at radius 2 is 2.29 bits per heavy atom. The van der Waals surface area contributed by atoms with Crippen LogP contribution in [-0.2, 0) is 4.28 Å². The maximum atomic E-state index is 13.4. The highest BCUT2D eigenvalue weighted by molar-refractivity contribution is 9.10. The molecule has 0 amide bonds. The Morgan fingerprint density at radius 1 is 1.45 bits per heavy atom. The van der Waals surface area contributed by atoms with Gasteiger partial charge >= 0.3 is 0 Å². The van der Waals surface area contributed by atoms with Crippen LogP contribution >= 0.6 is 28.2 Å². The van der Waals surface area contributed by atoms with E-state index >= 15 is 0 Å². The molecular weight excluding hydrogens is 493 g/mol. The summed E-state index contributed by atoms with van der Waals surface area (Å²) < 4.78 is 26.5. The summed E-state index contributed by atoms with van der Waals surface area (Å²) in [5.41, 5.74) is 2.64. The molecule has 1 saturated heterocycles. The number of hydroxylamine groups is 3. The molecule has 2 aromatic rings. The van der Waals surface area contributed by atoms with Crippen LogP contribution in [0.3, 0.4) is 0 Å². The Kier molecular flexibility index (Phi) is 7.40. The van der Waals surface area contributed by atoms with Gasteiger partial charge in [0, 0.05) is 25.7 Å². The largest absolute Gasteiger partial charge is 0.365 e. The number of hydrogen-bond donors (Lipinski definition) is 3. The van der Waals surface area contributed by atoms with Crippen LogP contribution in [0, 0.1) is 11.7 Å². The number of rotatable bonds is 9. The summed E-state index contributed by atoms with van der Waals surface area (Å²) in [6, 6.07) is 4.87. The Hall–Kier alpha value is -1.77. The van der Waals surface area contributed by atoms with E-state index in [2.05, 4.69) is 47.9 Å². The van der Waals surface area contributed by atoms with Crippen LogP contribution in [-0.4, -0.2) is 63.4 Å². The third kappa shape index (κ3) is 5.93. The van der Waals surface area contributed by atoms with E-state index in [4.69, 9.17) is 8.91 Å². The molecule has 1 unspecified atom stereocenters. The second kappa shape index (κ2) is 10.2. The maximum absolute atomic E-state index is 13.4. The number of hydrogen-bond acceptors (Lipinski definition) is 10. The first-order chi connectivity index (χ1) is 15.0. The zero-order chi connectivity index (χ0) is 21.8. The molecule has 2 fully saturated rings. The van der Waals surface area contributed by atoms with Crippen LogP contribution < -0.4 is 10.8 Å². The molecule has 1 atom stereocenters. The zero-order valence-corrected chi connectivity index (χ0v) is 19.2. The number of halogens is 2. The van der Waals surface area contributed by atoms with E-state index in [9.17, 15) is 9.60 Å². The molecule has 0 spiro atoms. The summed E-state index contributed by atoms with van der Waals surface area (Å²) in [7, 11) is 2.05. The van der Waals surface area contributed by atoms with Crippen LogP contribution in [0.4, 0.5) is 15.9 Å². The molecule has 0 bridgehead atoms. The minimum absolute atomic E-state index is 0.0261. The summed E-state index contributed by atoms with van der Waals surface area (Å²) in [5.74, 6) is 0.323.